The molecule has 2 heterocycles. The van der Waals surface area contributed by atoms with Gasteiger partial charge in [0.15, 0.2) is 0 Å². The second-order valence-corrected chi connectivity index (χ2v) is 7.36. The molecule has 1 aliphatic rings. The van der Waals surface area contributed by atoms with Gasteiger partial charge in [-0.1, -0.05) is 17.7 Å². The van der Waals surface area contributed by atoms with Crippen LogP contribution in [0.3, 0.4) is 0 Å². The fourth-order valence-electron chi connectivity index (χ4n) is 3.19. The lowest BCUT2D eigenvalue weighted by Crippen LogP contribution is -2.36. The molecule has 0 spiro atoms. The van der Waals surface area contributed by atoms with Crippen molar-refractivity contribution in [2.75, 3.05) is 41.8 Å². The second-order valence-electron chi connectivity index (χ2n) is 6.92. The molecule has 0 radical (unpaired) electrons. The lowest BCUT2D eigenvalue weighted by Gasteiger charge is -2.28. The minimum atomic E-state index is -0.209. The van der Waals surface area contributed by atoms with Crippen molar-refractivity contribution in [1.29, 1.82) is 0 Å². The number of rotatable bonds is 5. The van der Waals surface area contributed by atoms with E-state index in [0.717, 1.165) is 30.4 Å². The number of hydrogen-bond acceptors (Lipinski definition) is 6. The van der Waals surface area contributed by atoms with Crippen LogP contribution in [0.1, 0.15) is 16.2 Å². The SMILES string of the molecule is Cc1nc(Nc2ccc(NC(=O)c3cccc(Cl)c3)cc2)cc(N2CCOCC2)n1. The summed E-state index contributed by atoms with van der Waals surface area (Å²) in [6.07, 6.45) is 0. The van der Waals surface area contributed by atoms with Crippen LogP contribution in [0.25, 0.3) is 0 Å². The third-order valence-electron chi connectivity index (χ3n) is 4.66. The summed E-state index contributed by atoms with van der Waals surface area (Å²) in [6, 6.07) is 16.2. The number of morpholine rings is 1. The molecule has 8 heteroatoms. The van der Waals surface area contributed by atoms with Crippen molar-refractivity contribution < 1.29 is 9.53 Å². The number of benzene rings is 2. The molecule has 1 aromatic heterocycles. The molecule has 7 nitrogen and oxygen atoms in total. The molecule has 0 aliphatic carbocycles. The lowest BCUT2D eigenvalue weighted by atomic mass is 10.2. The number of nitrogens with zero attached hydrogens (tertiary/aromatic N) is 3. The number of aryl methyl sites for hydroxylation is 1. The molecule has 30 heavy (non-hydrogen) atoms. The Morgan fingerprint density at radius 3 is 2.50 bits per heavy atom. The highest BCUT2D eigenvalue weighted by atomic mass is 35.5. The summed E-state index contributed by atoms with van der Waals surface area (Å²) in [7, 11) is 0. The summed E-state index contributed by atoms with van der Waals surface area (Å²) in [5.41, 5.74) is 2.07. The number of nitrogens with one attached hydrogen (secondary N) is 2. The first kappa shape index (κ1) is 20.1. The lowest BCUT2D eigenvalue weighted by molar-refractivity contribution is 0.102. The van der Waals surface area contributed by atoms with Crippen LogP contribution < -0.4 is 15.5 Å². The third kappa shape index (κ3) is 5.06. The van der Waals surface area contributed by atoms with Gasteiger partial charge in [-0.3, -0.25) is 4.79 Å². The van der Waals surface area contributed by atoms with Crippen LogP contribution in [-0.4, -0.2) is 42.2 Å². The standard InChI is InChI=1S/C22H22ClN5O2/c1-15-24-20(14-21(25-15)28-9-11-30-12-10-28)26-18-5-7-19(8-6-18)27-22(29)16-3-2-4-17(23)13-16/h2-8,13-14H,9-12H2,1H3,(H,27,29)(H,24,25,26). The highest BCUT2D eigenvalue weighted by molar-refractivity contribution is 6.31. The maximum absolute atomic E-state index is 12.4. The number of ether oxygens (including phenoxy) is 1. The smallest absolute Gasteiger partial charge is 0.255 e. The van der Waals surface area contributed by atoms with Gasteiger partial charge in [0.1, 0.15) is 17.5 Å². The highest BCUT2D eigenvalue weighted by Crippen LogP contribution is 2.22. The fraction of sp³-hybridized carbons (Fsp3) is 0.227. The quantitative estimate of drug-likeness (QED) is 0.638. The van der Waals surface area contributed by atoms with Gasteiger partial charge in [0.2, 0.25) is 0 Å². The minimum Gasteiger partial charge on any atom is -0.378 e. The predicted molar refractivity (Wildman–Crippen MR) is 119 cm³/mol. The fourth-order valence-corrected chi connectivity index (χ4v) is 3.38. The topological polar surface area (TPSA) is 79.4 Å². The molecule has 0 saturated carbocycles. The first-order chi connectivity index (χ1) is 14.6. The number of carbonyl (C=O) groups is 1. The summed E-state index contributed by atoms with van der Waals surface area (Å²) in [5.74, 6) is 2.10. The molecule has 1 amide bonds. The van der Waals surface area contributed by atoms with Crippen molar-refractivity contribution in [2.45, 2.75) is 6.92 Å². The molecule has 1 aliphatic heterocycles. The van der Waals surface area contributed by atoms with Gasteiger partial charge in [-0.15, -0.1) is 0 Å². The van der Waals surface area contributed by atoms with Crippen molar-refractivity contribution in [3.8, 4) is 0 Å². The number of anilines is 4. The zero-order chi connectivity index (χ0) is 20.9. The Kier molecular flexibility index (Phi) is 6.11. The Balaban J connectivity index is 1.43. The van der Waals surface area contributed by atoms with Gasteiger partial charge in [0, 0.05) is 41.1 Å². The number of halogens is 1. The molecular formula is C22H22ClN5O2. The number of hydrogen-bond donors (Lipinski definition) is 2. The van der Waals surface area contributed by atoms with E-state index in [1.54, 1.807) is 24.3 Å². The average Bonchev–Trinajstić information content (AvgIpc) is 2.75. The molecule has 2 aromatic carbocycles. The maximum atomic E-state index is 12.4. The van der Waals surface area contributed by atoms with Crippen LogP contribution in [-0.2, 0) is 4.74 Å². The monoisotopic (exact) mass is 423 g/mol. The zero-order valence-corrected chi connectivity index (χ0v) is 17.3. The van der Waals surface area contributed by atoms with E-state index in [1.165, 1.54) is 0 Å². The van der Waals surface area contributed by atoms with Gasteiger partial charge >= 0.3 is 0 Å². The minimum absolute atomic E-state index is 0.209. The Morgan fingerprint density at radius 1 is 1.03 bits per heavy atom. The Labute approximate surface area is 180 Å². The molecule has 4 rings (SSSR count). The summed E-state index contributed by atoms with van der Waals surface area (Å²) < 4.78 is 5.41. The van der Waals surface area contributed by atoms with Crippen LogP contribution >= 0.6 is 11.6 Å². The van der Waals surface area contributed by atoms with Gasteiger partial charge in [-0.25, -0.2) is 9.97 Å². The van der Waals surface area contributed by atoms with Crippen molar-refractivity contribution in [2.24, 2.45) is 0 Å². The molecule has 3 aromatic rings. The Hall–Kier alpha value is -3.16. The van der Waals surface area contributed by atoms with Crippen molar-refractivity contribution >= 4 is 40.5 Å². The van der Waals surface area contributed by atoms with Crippen molar-refractivity contribution in [3.05, 3.63) is 71.0 Å². The second kappa shape index (κ2) is 9.11. The molecule has 0 unspecified atom stereocenters. The molecule has 2 N–H and O–H groups in total. The van der Waals surface area contributed by atoms with E-state index < -0.39 is 0 Å². The van der Waals surface area contributed by atoms with E-state index in [9.17, 15) is 4.79 Å². The first-order valence-electron chi connectivity index (χ1n) is 9.69. The van der Waals surface area contributed by atoms with E-state index in [0.29, 0.717) is 35.3 Å². The molecule has 0 bridgehead atoms. The Bertz CT molecular complexity index is 1040. The molecule has 1 saturated heterocycles. The van der Waals surface area contributed by atoms with Crippen LogP contribution in [0.4, 0.5) is 23.0 Å². The van der Waals surface area contributed by atoms with Gasteiger partial charge in [-0.05, 0) is 49.4 Å². The third-order valence-corrected chi connectivity index (χ3v) is 4.90. The summed E-state index contributed by atoms with van der Waals surface area (Å²) >= 11 is 5.95. The highest BCUT2D eigenvalue weighted by Gasteiger charge is 2.14. The number of carbonyl (C=O) groups excluding carboxylic acids is 1. The van der Waals surface area contributed by atoms with Gasteiger partial charge in [0.25, 0.3) is 5.91 Å². The van der Waals surface area contributed by atoms with Crippen LogP contribution in [0.15, 0.2) is 54.6 Å². The van der Waals surface area contributed by atoms with Crippen molar-refractivity contribution in [1.82, 2.24) is 9.97 Å². The van der Waals surface area contributed by atoms with E-state index in [4.69, 9.17) is 16.3 Å². The average molecular weight is 424 g/mol. The van der Waals surface area contributed by atoms with Gasteiger partial charge < -0.3 is 20.3 Å². The van der Waals surface area contributed by atoms with Crippen LogP contribution in [0.5, 0.6) is 0 Å². The van der Waals surface area contributed by atoms with Gasteiger partial charge in [-0.2, -0.15) is 0 Å². The normalized spacial score (nSPS) is 13.7. The van der Waals surface area contributed by atoms with E-state index in [1.807, 2.05) is 37.3 Å². The van der Waals surface area contributed by atoms with E-state index in [-0.39, 0.29) is 5.91 Å². The number of aromatic nitrogens is 2. The molecule has 0 atom stereocenters. The number of amides is 1. The Morgan fingerprint density at radius 2 is 1.77 bits per heavy atom. The zero-order valence-electron chi connectivity index (χ0n) is 16.6. The van der Waals surface area contributed by atoms with Crippen LogP contribution in [0, 0.1) is 6.92 Å². The largest absolute Gasteiger partial charge is 0.378 e. The maximum Gasteiger partial charge on any atom is 0.255 e. The molecule has 154 valence electrons. The first-order valence-corrected chi connectivity index (χ1v) is 10.1. The molecular weight excluding hydrogens is 402 g/mol. The van der Waals surface area contributed by atoms with E-state index >= 15 is 0 Å². The summed E-state index contributed by atoms with van der Waals surface area (Å²) in [4.78, 5) is 23.6. The predicted octanol–water partition coefficient (Wildman–Crippen LogP) is 4.27. The summed E-state index contributed by atoms with van der Waals surface area (Å²) in [5, 5.41) is 6.70. The van der Waals surface area contributed by atoms with E-state index in [2.05, 4.69) is 25.5 Å². The molecule has 1 fully saturated rings. The van der Waals surface area contributed by atoms with Crippen molar-refractivity contribution in [3.63, 3.8) is 0 Å². The summed E-state index contributed by atoms with van der Waals surface area (Å²) in [6.45, 7) is 4.92. The van der Waals surface area contributed by atoms with Crippen LogP contribution in [0.2, 0.25) is 5.02 Å². The van der Waals surface area contributed by atoms with Gasteiger partial charge in [0.05, 0.1) is 13.2 Å².